The van der Waals surface area contributed by atoms with Crippen molar-refractivity contribution in [1.82, 2.24) is 0 Å². The first-order valence-corrected chi connectivity index (χ1v) is 7.08. The number of hydrogen-bond acceptors (Lipinski definition) is 3. The molecule has 1 heterocycles. The van der Waals surface area contributed by atoms with Crippen molar-refractivity contribution in [2.75, 3.05) is 11.4 Å². The van der Waals surface area contributed by atoms with Crippen molar-refractivity contribution in [2.45, 2.75) is 18.9 Å². The molecule has 0 spiro atoms. The highest BCUT2D eigenvalue weighted by atomic mass is 16.3. The van der Waals surface area contributed by atoms with Crippen LogP contribution in [0, 0.1) is 0 Å². The molecule has 1 aliphatic rings. The van der Waals surface area contributed by atoms with Gasteiger partial charge in [0.15, 0.2) is 0 Å². The minimum Gasteiger partial charge on any atom is -0.508 e. The molecule has 0 bridgehead atoms. The molecule has 3 rings (SSSR count). The molecule has 1 aliphatic heterocycles. The Morgan fingerprint density at radius 3 is 2.67 bits per heavy atom. The highest BCUT2D eigenvalue weighted by Gasteiger charge is 2.27. The Morgan fingerprint density at radius 1 is 1.19 bits per heavy atom. The van der Waals surface area contributed by atoms with Crippen LogP contribution in [0.25, 0.3) is 0 Å². The van der Waals surface area contributed by atoms with Crippen LogP contribution in [0.5, 0.6) is 5.75 Å². The van der Waals surface area contributed by atoms with Crippen LogP contribution in [0.15, 0.2) is 48.5 Å². The number of para-hydroxylation sites is 1. The zero-order valence-corrected chi connectivity index (χ0v) is 11.7. The Labute approximate surface area is 123 Å². The molecule has 0 radical (unpaired) electrons. The molecule has 0 saturated carbocycles. The molecule has 108 valence electrons. The summed E-state index contributed by atoms with van der Waals surface area (Å²) < 4.78 is 0. The third-order valence-electron chi connectivity index (χ3n) is 3.86. The molecule has 1 atom stereocenters. The van der Waals surface area contributed by atoms with E-state index in [1.165, 1.54) is 5.56 Å². The summed E-state index contributed by atoms with van der Waals surface area (Å²) in [6.07, 6.45) is 1.35. The van der Waals surface area contributed by atoms with E-state index in [2.05, 4.69) is 0 Å². The Morgan fingerprint density at radius 2 is 1.90 bits per heavy atom. The minimum absolute atomic E-state index is 0.0481. The lowest BCUT2D eigenvalue weighted by atomic mass is 10.1. The predicted molar refractivity (Wildman–Crippen MR) is 82.3 cm³/mol. The summed E-state index contributed by atoms with van der Waals surface area (Å²) in [4.78, 5) is 14.3. The van der Waals surface area contributed by atoms with E-state index in [0.29, 0.717) is 13.0 Å². The highest BCUT2D eigenvalue weighted by molar-refractivity contribution is 5.99. The Hall–Kier alpha value is -2.33. The van der Waals surface area contributed by atoms with Gasteiger partial charge in [0.25, 0.3) is 0 Å². The Kier molecular flexibility index (Phi) is 3.62. The van der Waals surface area contributed by atoms with Crippen LogP contribution in [-0.2, 0) is 17.6 Å². The number of benzene rings is 2. The zero-order chi connectivity index (χ0) is 14.8. The summed E-state index contributed by atoms with van der Waals surface area (Å²) in [5, 5.41) is 9.28. The van der Waals surface area contributed by atoms with E-state index in [0.717, 1.165) is 17.7 Å². The van der Waals surface area contributed by atoms with Gasteiger partial charge in [0.2, 0.25) is 5.91 Å². The first-order valence-electron chi connectivity index (χ1n) is 7.08. The first-order chi connectivity index (χ1) is 10.1. The molecule has 4 nitrogen and oxygen atoms in total. The number of amides is 1. The van der Waals surface area contributed by atoms with Gasteiger partial charge >= 0.3 is 0 Å². The van der Waals surface area contributed by atoms with E-state index in [1.807, 2.05) is 24.3 Å². The average molecular weight is 282 g/mol. The number of phenolic OH excluding ortho intramolecular Hbond substituents is 1. The van der Waals surface area contributed by atoms with Crippen LogP contribution in [-0.4, -0.2) is 23.6 Å². The van der Waals surface area contributed by atoms with Crippen molar-refractivity contribution >= 4 is 11.6 Å². The van der Waals surface area contributed by atoms with Crippen LogP contribution in [0.4, 0.5) is 5.69 Å². The van der Waals surface area contributed by atoms with Crippen LogP contribution in [0.1, 0.15) is 11.1 Å². The number of carbonyl (C=O) groups excluding carboxylic acids is 1. The Balaban J connectivity index is 1.72. The summed E-state index contributed by atoms with van der Waals surface area (Å²) >= 11 is 0. The predicted octanol–water partition coefficient (Wildman–Crippen LogP) is 1.85. The van der Waals surface area contributed by atoms with E-state index in [1.54, 1.807) is 29.2 Å². The van der Waals surface area contributed by atoms with Crippen LogP contribution in [0.3, 0.4) is 0 Å². The van der Waals surface area contributed by atoms with Crippen molar-refractivity contribution < 1.29 is 9.90 Å². The van der Waals surface area contributed by atoms with Gasteiger partial charge in [-0.3, -0.25) is 4.79 Å². The molecule has 1 amide bonds. The number of phenols is 1. The smallest absolute Gasteiger partial charge is 0.244 e. The van der Waals surface area contributed by atoms with Crippen LogP contribution < -0.4 is 10.6 Å². The van der Waals surface area contributed by atoms with Crippen LogP contribution >= 0.6 is 0 Å². The normalized spacial score (nSPS) is 14.8. The number of carbonyl (C=O) groups is 1. The molecule has 0 unspecified atom stereocenters. The van der Waals surface area contributed by atoms with Crippen molar-refractivity contribution in [2.24, 2.45) is 5.73 Å². The van der Waals surface area contributed by atoms with E-state index in [4.69, 9.17) is 5.73 Å². The quantitative estimate of drug-likeness (QED) is 0.903. The first kappa shape index (κ1) is 13.6. The summed E-state index contributed by atoms with van der Waals surface area (Å²) in [6, 6.07) is 14.2. The monoisotopic (exact) mass is 282 g/mol. The van der Waals surface area contributed by atoms with Gasteiger partial charge in [-0.1, -0.05) is 30.3 Å². The minimum atomic E-state index is -0.569. The van der Waals surface area contributed by atoms with Gasteiger partial charge < -0.3 is 15.7 Å². The van der Waals surface area contributed by atoms with Crippen molar-refractivity contribution in [3.63, 3.8) is 0 Å². The molecule has 0 aromatic heterocycles. The molecule has 2 aromatic carbocycles. The largest absolute Gasteiger partial charge is 0.508 e. The van der Waals surface area contributed by atoms with Gasteiger partial charge in [0.1, 0.15) is 5.75 Å². The maximum Gasteiger partial charge on any atom is 0.244 e. The second kappa shape index (κ2) is 5.58. The molecular formula is C17H18N2O2. The summed E-state index contributed by atoms with van der Waals surface area (Å²) in [6.45, 7) is 0.696. The van der Waals surface area contributed by atoms with E-state index >= 15 is 0 Å². The topological polar surface area (TPSA) is 66.6 Å². The average Bonchev–Trinajstić information content (AvgIpc) is 2.92. The van der Waals surface area contributed by atoms with E-state index in [9.17, 15) is 9.90 Å². The standard InChI is InChI=1S/C17H18N2O2/c18-15(11-12-5-7-14(20)8-6-12)17(21)19-10-9-13-3-1-2-4-16(13)19/h1-8,15,20H,9-11,18H2/t15-/m1/s1. The lowest BCUT2D eigenvalue weighted by molar-refractivity contribution is -0.119. The number of rotatable bonds is 3. The molecule has 4 heteroatoms. The number of fused-ring (bicyclic) bond motifs is 1. The fraction of sp³-hybridized carbons (Fsp3) is 0.235. The number of anilines is 1. The second-order valence-electron chi connectivity index (χ2n) is 5.35. The maximum atomic E-state index is 12.5. The molecular weight excluding hydrogens is 264 g/mol. The SMILES string of the molecule is N[C@H](Cc1ccc(O)cc1)C(=O)N1CCc2ccccc21. The molecule has 2 aromatic rings. The van der Waals surface area contributed by atoms with Gasteiger partial charge in [-0.15, -0.1) is 0 Å². The summed E-state index contributed by atoms with van der Waals surface area (Å²) in [5.41, 5.74) is 9.19. The second-order valence-corrected chi connectivity index (χ2v) is 5.35. The number of nitrogens with zero attached hydrogens (tertiary/aromatic N) is 1. The molecule has 0 aliphatic carbocycles. The fourth-order valence-corrected chi connectivity index (χ4v) is 2.74. The van der Waals surface area contributed by atoms with Crippen LogP contribution in [0.2, 0.25) is 0 Å². The molecule has 0 fully saturated rings. The van der Waals surface area contributed by atoms with Crippen molar-refractivity contribution in [3.05, 3.63) is 59.7 Å². The number of aromatic hydroxyl groups is 1. The molecule has 21 heavy (non-hydrogen) atoms. The Bertz CT molecular complexity index is 652. The van der Waals surface area contributed by atoms with Crippen molar-refractivity contribution in [1.29, 1.82) is 0 Å². The molecule has 0 saturated heterocycles. The van der Waals surface area contributed by atoms with Gasteiger partial charge in [-0.05, 0) is 42.2 Å². The fourth-order valence-electron chi connectivity index (χ4n) is 2.74. The van der Waals surface area contributed by atoms with Gasteiger partial charge in [-0.25, -0.2) is 0 Å². The van der Waals surface area contributed by atoms with Gasteiger partial charge in [0.05, 0.1) is 6.04 Å². The van der Waals surface area contributed by atoms with Gasteiger partial charge in [-0.2, -0.15) is 0 Å². The highest BCUT2D eigenvalue weighted by Crippen LogP contribution is 2.28. The lowest BCUT2D eigenvalue weighted by Crippen LogP contribution is -2.44. The number of nitrogens with two attached hydrogens (primary N) is 1. The van der Waals surface area contributed by atoms with Crippen molar-refractivity contribution in [3.8, 4) is 5.75 Å². The number of hydrogen-bond donors (Lipinski definition) is 2. The molecule has 3 N–H and O–H groups in total. The van der Waals surface area contributed by atoms with Gasteiger partial charge in [0, 0.05) is 12.2 Å². The third-order valence-corrected chi connectivity index (χ3v) is 3.86. The third kappa shape index (κ3) is 2.76. The summed E-state index contributed by atoms with van der Waals surface area (Å²) in [5.74, 6) is 0.167. The zero-order valence-electron chi connectivity index (χ0n) is 11.7. The summed E-state index contributed by atoms with van der Waals surface area (Å²) in [7, 11) is 0. The lowest BCUT2D eigenvalue weighted by Gasteiger charge is -2.21. The van der Waals surface area contributed by atoms with E-state index in [-0.39, 0.29) is 11.7 Å². The maximum absolute atomic E-state index is 12.5. The van der Waals surface area contributed by atoms with E-state index < -0.39 is 6.04 Å².